The summed E-state index contributed by atoms with van der Waals surface area (Å²) in [7, 11) is 0. The molecule has 3 heterocycles. The Bertz CT molecular complexity index is 696. The van der Waals surface area contributed by atoms with Crippen LogP contribution in [-0.4, -0.2) is 52.9 Å². The van der Waals surface area contributed by atoms with Crippen molar-refractivity contribution < 1.29 is 9.21 Å². The fraction of sp³-hybridized carbons (Fsp3) is 0.529. The molecule has 0 bridgehead atoms. The Kier molecular flexibility index (Phi) is 3.95. The summed E-state index contributed by atoms with van der Waals surface area (Å²) in [5, 5.41) is 2.81. The molecule has 1 aliphatic heterocycles. The van der Waals surface area contributed by atoms with Gasteiger partial charge < -0.3 is 9.32 Å². The lowest BCUT2D eigenvalue weighted by molar-refractivity contribution is -0.132. The summed E-state index contributed by atoms with van der Waals surface area (Å²) in [6.07, 6.45) is 3.06. The number of carbonyl (C=O) groups excluding carboxylic acids is 1. The van der Waals surface area contributed by atoms with Gasteiger partial charge in [0.05, 0.1) is 12.1 Å². The Morgan fingerprint density at radius 1 is 1.30 bits per heavy atom. The second-order valence-corrected chi connectivity index (χ2v) is 7.24. The molecule has 6 heteroatoms. The van der Waals surface area contributed by atoms with Gasteiger partial charge in [0, 0.05) is 37.6 Å². The second kappa shape index (κ2) is 6.09. The van der Waals surface area contributed by atoms with Gasteiger partial charge in [-0.25, -0.2) is 4.98 Å². The lowest BCUT2D eigenvalue weighted by Gasteiger charge is -2.34. The van der Waals surface area contributed by atoms with Crippen molar-refractivity contribution in [2.75, 3.05) is 26.2 Å². The van der Waals surface area contributed by atoms with Gasteiger partial charge in [-0.1, -0.05) is 0 Å². The molecule has 0 N–H and O–H groups in total. The zero-order chi connectivity index (χ0) is 15.8. The highest BCUT2D eigenvalue weighted by Crippen LogP contribution is 2.28. The van der Waals surface area contributed by atoms with Crippen molar-refractivity contribution in [2.24, 2.45) is 0 Å². The van der Waals surface area contributed by atoms with Crippen LogP contribution in [0.15, 0.2) is 21.9 Å². The standard InChI is InChI=1S/C17H21N3O2S/c1-12-2-5-15(22-12)17-18-13(11-23-17)10-16(21)20-8-6-19(7-9-20)14-3-4-14/h2,5,11,14H,3-4,6-10H2,1H3. The van der Waals surface area contributed by atoms with E-state index in [-0.39, 0.29) is 5.91 Å². The van der Waals surface area contributed by atoms with E-state index in [9.17, 15) is 4.79 Å². The minimum absolute atomic E-state index is 0.188. The molecule has 122 valence electrons. The fourth-order valence-electron chi connectivity index (χ4n) is 3.09. The van der Waals surface area contributed by atoms with Gasteiger partial charge in [0.15, 0.2) is 10.8 Å². The Balaban J connectivity index is 1.34. The van der Waals surface area contributed by atoms with E-state index < -0.39 is 0 Å². The molecule has 0 spiro atoms. The van der Waals surface area contributed by atoms with E-state index in [1.165, 1.54) is 24.2 Å². The van der Waals surface area contributed by atoms with Crippen molar-refractivity contribution in [1.29, 1.82) is 0 Å². The average Bonchev–Trinajstić information content (AvgIpc) is 3.16. The summed E-state index contributed by atoms with van der Waals surface area (Å²) in [6, 6.07) is 4.66. The molecule has 1 aliphatic carbocycles. The van der Waals surface area contributed by atoms with Crippen LogP contribution in [0.25, 0.3) is 10.8 Å². The molecule has 2 aliphatic rings. The van der Waals surface area contributed by atoms with Crippen LogP contribution in [0.1, 0.15) is 24.3 Å². The van der Waals surface area contributed by atoms with Crippen molar-refractivity contribution in [3.8, 4) is 10.8 Å². The predicted molar refractivity (Wildman–Crippen MR) is 89.4 cm³/mol. The maximum atomic E-state index is 12.5. The molecule has 1 amide bonds. The van der Waals surface area contributed by atoms with Gasteiger partial charge >= 0.3 is 0 Å². The summed E-state index contributed by atoms with van der Waals surface area (Å²) >= 11 is 1.53. The van der Waals surface area contributed by atoms with Crippen LogP contribution < -0.4 is 0 Å². The molecule has 1 saturated heterocycles. The first kappa shape index (κ1) is 14.9. The van der Waals surface area contributed by atoms with Gasteiger partial charge in [0.2, 0.25) is 5.91 Å². The third kappa shape index (κ3) is 3.33. The highest BCUT2D eigenvalue weighted by molar-refractivity contribution is 7.13. The highest BCUT2D eigenvalue weighted by atomic mass is 32.1. The zero-order valence-corrected chi connectivity index (χ0v) is 14.1. The second-order valence-electron chi connectivity index (χ2n) is 6.38. The molecule has 0 atom stereocenters. The molecule has 2 aromatic heterocycles. The lowest BCUT2D eigenvalue weighted by atomic mass is 10.2. The van der Waals surface area contributed by atoms with Crippen LogP contribution in [0.2, 0.25) is 0 Å². The van der Waals surface area contributed by atoms with Crippen molar-refractivity contribution >= 4 is 17.2 Å². The number of hydrogen-bond donors (Lipinski definition) is 0. The smallest absolute Gasteiger partial charge is 0.228 e. The predicted octanol–water partition coefficient (Wildman–Crippen LogP) is 2.56. The zero-order valence-electron chi connectivity index (χ0n) is 13.3. The number of amides is 1. The van der Waals surface area contributed by atoms with Gasteiger partial charge in [-0.05, 0) is 31.9 Å². The van der Waals surface area contributed by atoms with E-state index in [2.05, 4.69) is 9.88 Å². The van der Waals surface area contributed by atoms with Crippen molar-refractivity contribution in [1.82, 2.24) is 14.8 Å². The van der Waals surface area contributed by atoms with Crippen molar-refractivity contribution in [2.45, 2.75) is 32.2 Å². The molecule has 2 aromatic rings. The van der Waals surface area contributed by atoms with E-state index in [4.69, 9.17) is 4.42 Å². The van der Waals surface area contributed by atoms with Gasteiger partial charge in [0.25, 0.3) is 0 Å². The number of nitrogens with zero attached hydrogens (tertiary/aromatic N) is 3. The van der Waals surface area contributed by atoms with Crippen molar-refractivity contribution in [3.63, 3.8) is 0 Å². The summed E-state index contributed by atoms with van der Waals surface area (Å²) in [4.78, 5) is 21.5. The third-order valence-electron chi connectivity index (χ3n) is 4.57. The van der Waals surface area contributed by atoms with Crippen LogP contribution in [-0.2, 0) is 11.2 Å². The minimum Gasteiger partial charge on any atom is -0.459 e. The number of aromatic nitrogens is 1. The molecule has 1 saturated carbocycles. The van der Waals surface area contributed by atoms with Gasteiger partial charge in [0.1, 0.15) is 5.76 Å². The van der Waals surface area contributed by atoms with Crippen molar-refractivity contribution in [3.05, 3.63) is 29.0 Å². The summed E-state index contributed by atoms with van der Waals surface area (Å²) in [5.41, 5.74) is 0.841. The molecule has 2 fully saturated rings. The number of aryl methyl sites for hydroxylation is 1. The first-order valence-electron chi connectivity index (χ1n) is 8.22. The monoisotopic (exact) mass is 331 g/mol. The van der Waals surface area contributed by atoms with Crippen LogP contribution in [0, 0.1) is 6.92 Å². The highest BCUT2D eigenvalue weighted by Gasteiger charge is 2.32. The van der Waals surface area contributed by atoms with Gasteiger partial charge in [-0.2, -0.15) is 0 Å². The van der Waals surface area contributed by atoms with Crippen LogP contribution >= 0.6 is 11.3 Å². The first-order valence-corrected chi connectivity index (χ1v) is 9.10. The van der Waals surface area contributed by atoms with Crippen LogP contribution in [0.3, 0.4) is 0 Å². The largest absolute Gasteiger partial charge is 0.459 e. The molecule has 0 unspecified atom stereocenters. The number of rotatable bonds is 4. The quantitative estimate of drug-likeness (QED) is 0.864. The van der Waals surface area contributed by atoms with Gasteiger partial charge in [-0.3, -0.25) is 9.69 Å². The Hall–Kier alpha value is -1.66. The SMILES string of the molecule is Cc1ccc(-c2nc(CC(=O)N3CCN(C4CC4)CC3)cs2)o1. The van der Waals surface area contributed by atoms with E-state index in [0.717, 1.165) is 54.4 Å². The molecule has 0 radical (unpaired) electrons. The average molecular weight is 331 g/mol. The molecule has 4 rings (SSSR count). The molecule has 23 heavy (non-hydrogen) atoms. The molecule has 5 nitrogen and oxygen atoms in total. The summed E-state index contributed by atoms with van der Waals surface area (Å²) < 4.78 is 5.59. The normalized spacial score (nSPS) is 19.3. The molecule has 0 aromatic carbocycles. The van der Waals surface area contributed by atoms with E-state index in [1.807, 2.05) is 29.3 Å². The number of furan rings is 1. The number of piperazine rings is 1. The first-order chi connectivity index (χ1) is 11.2. The van der Waals surface area contributed by atoms with E-state index >= 15 is 0 Å². The molecular weight excluding hydrogens is 310 g/mol. The Morgan fingerprint density at radius 2 is 2.09 bits per heavy atom. The maximum Gasteiger partial charge on any atom is 0.228 e. The minimum atomic E-state index is 0.188. The lowest BCUT2D eigenvalue weighted by Crippen LogP contribution is -2.49. The van der Waals surface area contributed by atoms with E-state index in [1.54, 1.807) is 0 Å². The van der Waals surface area contributed by atoms with Crippen LogP contribution in [0.4, 0.5) is 0 Å². The number of thiazole rings is 1. The van der Waals surface area contributed by atoms with Crippen LogP contribution in [0.5, 0.6) is 0 Å². The third-order valence-corrected chi connectivity index (χ3v) is 5.47. The fourth-order valence-corrected chi connectivity index (χ4v) is 3.87. The van der Waals surface area contributed by atoms with E-state index in [0.29, 0.717) is 6.42 Å². The summed E-state index contributed by atoms with van der Waals surface area (Å²) in [6.45, 7) is 5.66. The molecular formula is C17H21N3O2S. The number of carbonyl (C=O) groups is 1. The number of hydrogen-bond acceptors (Lipinski definition) is 5. The Labute approximate surface area is 139 Å². The Morgan fingerprint density at radius 3 is 2.74 bits per heavy atom. The topological polar surface area (TPSA) is 49.6 Å². The maximum absolute atomic E-state index is 12.5. The summed E-state index contributed by atoms with van der Waals surface area (Å²) in [5.74, 6) is 1.85. The van der Waals surface area contributed by atoms with Gasteiger partial charge in [-0.15, -0.1) is 11.3 Å².